The lowest BCUT2D eigenvalue weighted by molar-refractivity contribution is -0.121. The number of hydrogen-bond acceptors (Lipinski definition) is 4. The number of esters is 1. The second kappa shape index (κ2) is 7.76. The van der Waals surface area contributed by atoms with E-state index in [0.717, 1.165) is 37.9 Å². The third kappa shape index (κ3) is 3.66. The molecule has 146 valence electrons. The summed E-state index contributed by atoms with van der Waals surface area (Å²) in [6, 6.07) is 19.4. The van der Waals surface area contributed by atoms with Crippen molar-refractivity contribution in [2.45, 2.75) is 30.6 Å². The minimum absolute atomic E-state index is 0.277. The minimum atomic E-state index is -0.471. The van der Waals surface area contributed by atoms with Gasteiger partial charge in [0.2, 0.25) is 0 Å². The quantitative estimate of drug-likeness (QED) is 0.534. The number of ether oxygens (including phenoxy) is 1. The topological polar surface area (TPSA) is 46.6 Å². The molecule has 1 heterocycles. The molecule has 0 unspecified atom stereocenters. The standard InChI is InChI=1S/C24H21NO3S/c1-15-12-16(2)23(17(3)13-15)24(27)28-14-22(26)25-18-8-4-6-10-20(18)29-21-11-7-5-9-19(21)25/h4-13H,14H2,1-3H3. The molecular weight excluding hydrogens is 382 g/mol. The normalized spacial score (nSPS) is 12.2. The molecule has 0 atom stereocenters. The molecule has 5 heteroatoms. The molecule has 0 bridgehead atoms. The van der Waals surface area contributed by atoms with Crippen LogP contribution in [0.5, 0.6) is 0 Å². The number of hydrogen-bond donors (Lipinski definition) is 0. The molecule has 1 aliphatic heterocycles. The molecule has 1 amide bonds. The van der Waals surface area contributed by atoms with Crippen LogP contribution in [-0.4, -0.2) is 18.5 Å². The van der Waals surface area contributed by atoms with E-state index in [4.69, 9.17) is 4.74 Å². The monoisotopic (exact) mass is 403 g/mol. The number of aryl methyl sites for hydroxylation is 3. The van der Waals surface area contributed by atoms with Gasteiger partial charge in [0.1, 0.15) is 0 Å². The van der Waals surface area contributed by atoms with E-state index in [1.54, 1.807) is 16.7 Å². The molecule has 3 aromatic rings. The van der Waals surface area contributed by atoms with Crippen molar-refractivity contribution in [2.75, 3.05) is 11.5 Å². The van der Waals surface area contributed by atoms with Gasteiger partial charge in [-0.2, -0.15) is 0 Å². The Morgan fingerprint density at radius 2 is 1.38 bits per heavy atom. The molecule has 0 radical (unpaired) electrons. The average Bonchev–Trinajstić information content (AvgIpc) is 2.69. The lowest BCUT2D eigenvalue weighted by Crippen LogP contribution is -2.32. The zero-order valence-electron chi connectivity index (χ0n) is 16.6. The van der Waals surface area contributed by atoms with E-state index < -0.39 is 5.97 Å². The van der Waals surface area contributed by atoms with Crippen LogP contribution in [0, 0.1) is 20.8 Å². The largest absolute Gasteiger partial charge is 0.452 e. The number of carbonyl (C=O) groups is 2. The maximum atomic E-state index is 13.1. The second-order valence-corrected chi connectivity index (χ2v) is 8.20. The molecule has 4 nitrogen and oxygen atoms in total. The Balaban J connectivity index is 1.59. The third-order valence-corrected chi connectivity index (χ3v) is 6.02. The van der Waals surface area contributed by atoms with E-state index >= 15 is 0 Å². The average molecular weight is 404 g/mol. The lowest BCUT2D eigenvalue weighted by atomic mass is 10.00. The summed E-state index contributed by atoms with van der Waals surface area (Å²) in [4.78, 5) is 29.4. The van der Waals surface area contributed by atoms with Crippen molar-refractivity contribution < 1.29 is 14.3 Å². The Kier molecular flexibility index (Phi) is 5.16. The zero-order valence-corrected chi connectivity index (χ0v) is 17.4. The Morgan fingerprint density at radius 1 is 0.862 bits per heavy atom. The fourth-order valence-corrected chi connectivity index (χ4v) is 4.80. The summed E-state index contributed by atoms with van der Waals surface area (Å²) in [6.45, 7) is 5.43. The highest BCUT2D eigenvalue weighted by Crippen LogP contribution is 2.47. The van der Waals surface area contributed by atoms with Crippen molar-refractivity contribution in [3.05, 3.63) is 82.9 Å². The van der Waals surface area contributed by atoms with Crippen LogP contribution >= 0.6 is 11.8 Å². The van der Waals surface area contributed by atoms with Crippen LogP contribution in [0.1, 0.15) is 27.0 Å². The Bertz CT molecular complexity index is 1050. The molecule has 29 heavy (non-hydrogen) atoms. The number of para-hydroxylation sites is 2. The number of nitrogens with zero attached hydrogens (tertiary/aromatic N) is 1. The van der Waals surface area contributed by atoms with Crippen LogP contribution in [0.3, 0.4) is 0 Å². The molecular formula is C24H21NO3S. The van der Waals surface area contributed by atoms with Crippen LogP contribution in [-0.2, 0) is 9.53 Å². The van der Waals surface area contributed by atoms with Gasteiger partial charge in [0.15, 0.2) is 6.61 Å². The first-order valence-corrected chi connectivity index (χ1v) is 10.2. The predicted molar refractivity (Wildman–Crippen MR) is 115 cm³/mol. The number of fused-ring (bicyclic) bond motifs is 2. The first-order valence-electron chi connectivity index (χ1n) is 9.39. The van der Waals surface area contributed by atoms with E-state index in [2.05, 4.69) is 0 Å². The van der Waals surface area contributed by atoms with Crippen molar-refractivity contribution in [1.82, 2.24) is 0 Å². The van der Waals surface area contributed by atoms with Crippen LogP contribution in [0.15, 0.2) is 70.5 Å². The maximum absolute atomic E-state index is 13.1. The number of anilines is 2. The van der Waals surface area contributed by atoms with Crippen molar-refractivity contribution in [1.29, 1.82) is 0 Å². The van der Waals surface area contributed by atoms with E-state index in [1.807, 2.05) is 81.4 Å². The van der Waals surface area contributed by atoms with Gasteiger partial charge in [-0.1, -0.05) is 53.7 Å². The first-order chi connectivity index (χ1) is 14.0. The summed E-state index contributed by atoms with van der Waals surface area (Å²) in [6.07, 6.45) is 0. The second-order valence-electron chi connectivity index (χ2n) is 7.12. The summed E-state index contributed by atoms with van der Waals surface area (Å²) < 4.78 is 5.44. The van der Waals surface area contributed by atoms with Gasteiger partial charge in [-0.05, 0) is 56.2 Å². The smallest absolute Gasteiger partial charge is 0.339 e. The van der Waals surface area contributed by atoms with E-state index in [0.29, 0.717) is 5.56 Å². The van der Waals surface area contributed by atoms with E-state index in [1.165, 1.54) is 0 Å². The fourth-order valence-electron chi connectivity index (χ4n) is 3.74. The molecule has 0 N–H and O–H groups in total. The highest BCUT2D eigenvalue weighted by atomic mass is 32.2. The molecule has 0 saturated heterocycles. The SMILES string of the molecule is Cc1cc(C)c(C(=O)OCC(=O)N2c3ccccc3Sc3ccccc32)c(C)c1. The molecule has 0 aliphatic carbocycles. The fraction of sp³-hybridized carbons (Fsp3) is 0.167. The maximum Gasteiger partial charge on any atom is 0.339 e. The highest BCUT2D eigenvalue weighted by molar-refractivity contribution is 7.99. The van der Waals surface area contributed by atoms with E-state index in [9.17, 15) is 9.59 Å². The molecule has 1 aliphatic rings. The van der Waals surface area contributed by atoms with Gasteiger partial charge < -0.3 is 4.74 Å². The molecule has 3 aromatic carbocycles. The Morgan fingerprint density at radius 3 is 1.93 bits per heavy atom. The summed E-state index contributed by atoms with van der Waals surface area (Å²) in [5.41, 5.74) is 4.93. The van der Waals surface area contributed by atoms with Gasteiger partial charge in [0, 0.05) is 9.79 Å². The summed E-state index contributed by atoms with van der Waals surface area (Å²) in [5.74, 6) is -0.748. The lowest BCUT2D eigenvalue weighted by Gasteiger charge is -2.30. The molecule has 0 spiro atoms. The summed E-state index contributed by atoms with van der Waals surface area (Å²) >= 11 is 1.63. The number of benzene rings is 3. The summed E-state index contributed by atoms with van der Waals surface area (Å²) in [5, 5.41) is 0. The van der Waals surface area contributed by atoms with Gasteiger partial charge in [-0.3, -0.25) is 9.69 Å². The van der Waals surface area contributed by atoms with Gasteiger partial charge >= 0.3 is 5.97 Å². The van der Waals surface area contributed by atoms with Gasteiger partial charge in [-0.25, -0.2) is 4.79 Å². The summed E-state index contributed by atoms with van der Waals surface area (Å²) in [7, 11) is 0. The Hall–Kier alpha value is -3.05. The van der Waals surface area contributed by atoms with Crippen LogP contribution < -0.4 is 4.90 Å². The zero-order chi connectivity index (χ0) is 20.5. The van der Waals surface area contributed by atoms with Crippen LogP contribution in [0.4, 0.5) is 11.4 Å². The van der Waals surface area contributed by atoms with Crippen molar-refractivity contribution in [3.63, 3.8) is 0 Å². The number of carbonyl (C=O) groups excluding carboxylic acids is 2. The minimum Gasteiger partial charge on any atom is -0.452 e. The molecule has 0 fully saturated rings. The Labute approximate surface area is 174 Å². The van der Waals surface area contributed by atoms with Crippen LogP contribution in [0.25, 0.3) is 0 Å². The van der Waals surface area contributed by atoms with Gasteiger partial charge in [0.05, 0.1) is 16.9 Å². The van der Waals surface area contributed by atoms with E-state index in [-0.39, 0.29) is 12.5 Å². The first kappa shape index (κ1) is 19.3. The molecule has 4 rings (SSSR count). The van der Waals surface area contributed by atoms with Crippen molar-refractivity contribution in [2.24, 2.45) is 0 Å². The number of rotatable bonds is 3. The van der Waals surface area contributed by atoms with Crippen LogP contribution in [0.2, 0.25) is 0 Å². The van der Waals surface area contributed by atoms with Crippen molar-refractivity contribution in [3.8, 4) is 0 Å². The molecule has 0 saturated carbocycles. The highest BCUT2D eigenvalue weighted by Gasteiger charge is 2.28. The third-order valence-electron chi connectivity index (χ3n) is 4.89. The number of amides is 1. The predicted octanol–water partition coefficient (Wildman–Crippen LogP) is 5.60. The van der Waals surface area contributed by atoms with Gasteiger partial charge in [0.25, 0.3) is 5.91 Å². The van der Waals surface area contributed by atoms with Crippen molar-refractivity contribution >= 4 is 35.0 Å². The van der Waals surface area contributed by atoms with Gasteiger partial charge in [-0.15, -0.1) is 0 Å². The molecule has 0 aromatic heterocycles.